The van der Waals surface area contributed by atoms with Crippen LogP contribution < -0.4 is 5.73 Å². The van der Waals surface area contributed by atoms with Gasteiger partial charge in [-0.15, -0.1) is 0 Å². The molecule has 0 aliphatic carbocycles. The molecular weight excluding hydrogens is 564 g/mol. The molecule has 8 heteroatoms. The van der Waals surface area contributed by atoms with Crippen molar-refractivity contribution in [3.63, 3.8) is 0 Å². The van der Waals surface area contributed by atoms with Crippen molar-refractivity contribution in [2.75, 3.05) is 0 Å². The van der Waals surface area contributed by atoms with Gasteiger partial charge in [-0.05, 0) is 73.8 Å². The number of hydrogen-bond acceptors (Lipinski definition) is 2. The molecule has 16 heavy (non-hydrogen) atoms. The summed E-state index contributed by atoms with van der Waals surface area (Å²) in [7, 11) is 0. The van der Waals surface area contributed by atoms with Crippen molar-refractivity contribution in [1.82, 2.24) is 0 Å². The molecule has 0 amide bonds. The maximum absolute atomic E-state index is 12.5. The summed E-state index contributed by atoms with van der Waals surface area (Å²) in [5, 5.41) is 9.58. The van der Waals surface area contributed by atoms with Crippen LogP contribution in [-0.4, -0.2) is 11.3 Å². The van der Waals surface area contributed by atoms with Gasteiger partial charge in [-0.25, -0.2) is 0 Å². The topological polar surface area (TPSA) is 46.2 Å². The number of hydrogen-bond donors (Lipinski definition) is 2. The van der Waals surface area contributed by atoms with E-state index in [2.05, 4.69) is 0 Å². The Morgan fingerprint density at radius 1 is 1.19 bits per heavy atom. The minimum absolute atomic E-state index is 0.0772. The first-order valence-electron chi connectivity index (χ1n) is 3.85. The van der Waals surface area contributed by atoms with Crippen molar-refractivity contribution < 1.29 is 18.3 Å². The average Bonchev–Trinajstić information content (AvgIpc) is 2.13. The van der Waals surface area contributed by atoms with Gasteiger partial charge in [0.05, 0.1) is 7.14 Å². The molecule has 0 radical (unpaired) electrons. The first-order chi connectivity index (χ1) is 7.16. The van der Waals surface area contributed by atoms with Gasteiger partial charge in [0.2, 0.25) is 0 Å². The van der Waals surface area contributed by atoms with Crippen molar-refractivity contribution in [2.24, 2.45) is 5.73 Å². The molecule has 0 aliphatic rings. The quantitative estimate of drug-likeness (QED) is 0.507. The second-order valence-electron chi connectivity index (χ2n) is 2.94. The molecule has 0 saturated heterocycles. The zero-order chi connectivity index (χ0) is 12.7. The average molecular weight is 569 g/mol. The number of alkyl halides is 3. The van der Waals surface area contributed by atoms with Crippen molar-refractivity contribution in [2.45, 2.75) is 12.2 Å². The van der Waals surface area contributed by atoms with Gasteiger partial charge in [-0.2, -0.15) is 13.2 Å². The van der Waals surface area contributed by atoms with Gasteiger partial charge in [-0.1, -0.05) is 0 Å². The highest BCUT2D eigenvalue weighted by atomic mass is 127. The highest BCUT2D eigenvalue weighted by molar-refractivity contribution is 14.1. The third-order valence-electron chi connectivity index (χ3n) is 1.84. The largest absolute Gasteiger partial charge is 0.506 e. The van der Waals surface area contributed by atoms with Crippen molar-refractivity contribution >= 4 is 67.8 Å². The van der Waals surface area contributed by atoms with E-state index in [0.717, 1.165) is 0 Å². The predicted molar refractivity (Wildman–Crippen MR) is 79.2 cm³/mol. The number of rotatable bonds is 1. The normalized spacial score (nSPS) is 13.9. The molecule has 1 atom stereocenters. The summed E-state index contributed by atoms with van der Waals surface area (Å²) in [6, 6.07) is -0.603. The van der Waals surface area contributed by atoms with E-state index in [0.29, 0.717) is 7.14 Å². The third kappa shape index (κ3) is 3.04. The van der Waals surface area contributed by atoms with Crippen LogP contribution in [0.2, 0.25) is 0 Å². The number of phenols is 1. The van der Waals surface area contributed by atoms with Gasteiger partial charge in [0.15, 0.2) is 0 Å². The molecule has 0 unspecified atom stereocenters. The summed E-state index contributed by atoms with van der Waals surface area (Å²) in [5.41, 5.74) is 5.07. The summed E-state index contributed by atoms with van der Waals surface area (Å²) < 4.78 is 38.6. The second-order valence-corrected chi connectivity index (χ2v) is 6.34. The smallest absolute Gasteiger partial charge is 0.407 e. The Labute approximate surface area is 131 Å². The van der Waals surface area contributed by atoms with E-state index in [1.54, 1.807) is 45.2 Å². The molecule has 1 aromatic rings. The van der Waals surface area contributed by atoms with Crippen molar-refractivity contribution in [3.8, 4) is 5.75 Å². The van der Waals surface area contributed by atoms with E-state index < -0.39 is 12.2 Å². The van der Waals surface area contributed by atoms with E-state index in [1.165, 1.54) is 6.07 Å². The van der Waals surface area contributed by atoms with Crippen LogP contribution in [0.3, 0.4) is 0 Å². The Morgan fingerprint density at radius 2 is 1.69 bits per heavy atom. The van der Waals surface area contributed by atoms with Crippen LogP contribution in [0.1, 0.15) is 11.6 Å². The van der Waals surface area contributed by atoms with Crippen LogP contribution in [0.4, 0.5) is 13.2 Å². The lowest BCUT2D eigenvalue weighted by Crippen LogP contribution is -2.30. The van der Waals surface area contributed by atoms with Crippen LogP contribution in [0.5, 0.6) is 5.75 Å². The molecule has 0 fully saturated rings. The fraction of sp³-hybridized carbons (Fsp3) is 0.250. The van der Waals surface area contributed by atoms with Gasteiger partial charge in [0.25, 0.3) is 0 Å². The minimum Gasteiger partial charge on any atom is -0.506 e. The van der Waals surface area contributed by atoms with Gasteiger partial charge in [0, 0.05) is 9.13 Å². The van der Waals surface area contributed by atoms with E-state index in [9.17, 15) is 18.3 Å². The van der Waals surface area contributed by atoms with Crippen LogP contribution in [0.15, 0.2) is 6.07 Å². The SMILES string of the molecule is N[C@@H](c1c(I)cc(I)c(O)c1I)C(F)(F)F. The lowest BCUT2D eigenvalue weighted by molar-refractivity contribution is -0.149. The molecule has 0 aromatic heterocycles. The number of benzene rings is 1. The maximum Gasteiger partial charge on any atom is 0.407 e. The number of halogens is 6. The lowest BCUT2D eigenvalue weighted by Gasteiger charge is -2.20. The molecule has 1 aromatic carbocycles. The second kappa shape index (κ2) is 5.30. The molecule has 0 aliphatic heterocycles. The van der Waals surface area contributed by atoms with E-state index in [4.69, 9.17) is 5.73 Å². The Morgan fingerprint density at radius 3 is 2.12 bits per heavy atom. The standard InChI is InChI=1S/C8H5F3I3NO/c9-8(10,11)7(15)4-2(12)1-3(13)6(16)5(4)14/h1,7,16H,15H2/t7-/m0/s1. The summed E-state index contributed by atoms with van der Waals surface area (Å²) in [6.45, 7) is 0. The fourth-order valence-electron chi connectivity index (χ4n) is 1.04. The van der Waals surface area contributed by atoms with Gasteiger partial charge >= 0.3 is 6.18 Å². The van der Waals surface area contributed by atoms with Crippen molar-refractivity contribution in [1.29, 1.82) is 0 Å². The van der Waals surface area contributed by atoms with E-state index >= 15 is 0 Å². The Bertz CT molecular complexity index is 422. The summed E-state index contributed by atoms with van der Waals surface area (Å²) in [4.78, 5) is 0. The Hall–Kier alpha value is 0.960. The van der Waals surface area contributed by atoms with Crippen LogP contribution >= 0.6 is 67.8 Å². The highest BCUT2D eigenvalue weighted by Gasteiger charge is 2.40. The molecule has 1 rings (SSSR count). The lowest BCUT2D eigenvalue weighted by atomic mass is 10.1. The van der Waals surface area contributed by atoms with Gasteiger partial charge in [0.1, 0.15) is 11.8 Å². The summed E-state index contributed by atoms with van der Waals surface area (Å²) in [5.74, 6) is -0.156. The maximum atomic E-state index is 12.5. The Kier molecular flexibility index (Phi) is 4.98. The van der Waals surface area contributed by atoms with E-state index in [1.807, 2.05) is 22.6 Å². The molecule has 0 saturated carbocycles. The number of nitrogens with two attached hydrogens (primary N) is 1. The van der Waals surface area contributed by atoms with Crippen LogP contribution in [0, 0.1) is 10.7 Å². The van der Waals surface area contributed by atoms with Gasteiger partial charge < -0.3 is 10.8 Å². The third-order valence-corrected chi connectivity index (χ3v) is 4.65. The molecule has 2 nitrogen and oxygen atoms in total. The zero-order valence-corrected chi connectivity index (χ0v) is 13.9. The minimum atomic E-state index is -4.51. The highest BCUT2D eigenvalue weighted by Crippen LogP contribution is 2.40. The monoisotopic (exact) mass is 569 g/mol. The zero-order valence-electron chi connectivity index (χ0n) is 7.45. The molecule has 0 heterocycles. The number of phenolic OH excluding ortho intramolecular Hbond substituents is 1. The molecular formula is C8H5F3I3NO. The predicted octanol–water partition coefficient (Wildman–Crippen LogP) is 3.77. The molecule has 3 N–H and O–H groups in total. The number of aromatic hydroxyl groups is 1. The van der Waals surface area contributed by atoms with Gasteiger partial charge in [-0.3, -0.25) is 0 Å². The summed E-state index contributed by atoms with van der Waals surface area (Å²) in [6.07, 6.45) is -4.51. The Balaban J connectivity index is 3.40. The fourth-order valence-corrected chi connectivity index (χ4v) is 5.09. The van der Waals surface area contributed by atoms with E-state index in [-0.39, 0.29) is 14.9 Å². The first-order valence-corrected chi connectivity index (χ1v) is 7.08. The van der Waals surface area contributed by atoms with Crippen LogP contribution in [-0.2, 0) is 0 Å². The van der Waals surface area contributed by atoms with Crippen LogP contribution in [0.25, 0.3) is 0 Å². The first kappa shape index (κ1) is 15.0. The van der Waals surface area contributed by atoms with Crippen molar-refractivity contribution in [3.05, 3.63) is 22.3 Å². The molecule has 0 spiro atoms. The summed E-state index contributed by atoms with van der Waals surface area (Å²) >= 11 is 5.31. The molecule has 90 valence electrons. The molecule has 0 bridgehead atoms.